The molecule has 33 heavy (non-hydrogen) atoms. The molecule has 2 aliphatic heterocycles. The first-order valence-corrected chi connectivity index (χ1v) is 13.8. The lowest BCUT2D eigenvalue weighted by Crippen LogP contribution is -2.44. The van der Waals surface area contributed by atoms with Crippen LogP contribution in [0.4, 0.5) is 0 Å². The number of likely N-dealkylation sites (tertiary alicyclic amines) is 1. The maximum absolute atomic E-state index is 13.4. The zero-order valence-electron chi connectivity index (χ0n) is 19.0. The van der Waals surface area contributed by atoms with E-state index in [9.17, 15) is 13.2 Å². The highest BCUT2D eigenvalue weighted by Gasteiger charge is 2.38. The summed E-state index contributed by atoms with van der Waals surface area (Å²) in [5, 5.41) is 1.01. The first kappa shape index (κ1) is 22.5. The predicted molar refractivity (Wildman–Crippen MR) is 131 cm³/mol. The molecule has 174 valence electrons. The molecule has 0 aliphatic carbocycles. The van der Waals surface area contributed by atoms with Crippen LogP contribution in [0.15, 0.2) is 47.4 Å². The number of aromatic nitrogens is 1. The Bertz CT molecular complexity index is 1260. The second-order valence-electron chi connectivity index (χ2n) is 9.13. The Kier molecular flexibility index (Phi) is 6.01. The molecule has 2 aliphatic rings. The maximum Gasteiger partial charge on any atom is 0.243 e. The Balaban J connectivity index is 1.27. The van der Waals surface area contributed by atoms with E-state index in [1.807, 2.05) is 43.0 Å². The van der Waals surface area contributed by atoms with E-state index in [2.05, 4.69) is 6.07 Å². The van der Waals surface area contributed by atoms with Gasteiger partial charge in [-0.2, -0.15) is 4.31 Å². The van der Waals surface area contributed by atoms with Crippen molar-refractivity contribution in [1.82, 2.24) is 14.2 Å². The molecule has 0 spiro atoms. The van der Waals surface area contributed by atoms with Crippen LogP contribution in [-0.2, 0) is 14.8 Å². The Morgan fingerprint density at radius 1 is 1.00 bits per heavy atom. The Morgan fingerprint density at radius 2 is 1.76 bits per heavy atom. The summed E-state index contributed by atoms with van der Waals surface area (Å²) in [6.45, 7) is 5.41. The largest absolute Gasteiger partial charge is 0.333 e. The topological polar surface area (TPSA) is 70.6 Å². The van der Waals surface area contributed by atoms with Crippen molar-refractivity contribution >= 4 is 37.5 Å². The van der Waals surface area contributed by atoms with E-state index in [1.54, 1.807) is 23.5 Å². The fourth-order valence-corrected chi connectivity index (χ4v) is 7.59. The summed E-state index contributed by atoms with van der Waals surface area (Å²) >= 11 is 1.67. The third-order valence-electron chi connectivity index (χ3n) is 7.05. The SMILES string of the molecule is Cc1ccc(S(=O)(=O)N2CCC(C(=O)N3CCCC3c3nc4ccccc4s3)CC2)cc1C. The van der Waals surface area contributed by atoms with E-state index in [0.29, 0.717) is 30.8 Å². The molecule has 6 nitrogen and oxygen atoms in total. The minimum Gasteiger partial charge on any atom is -0.333 e. The smallest absolute Gasteiger partial charge is 0.243 e. The summed E-state index contributed by atoms with van der Waals surface area (Å²) in [5.41, 5.74) is 3.03. The fraction of sp³-hybridized carbons (Fsp3) is 0.440. The lowest BCUT2D eigenvalue weighted by Gasteiger charge is -2.34. The molecule has 2 saturated heterocycles. The number of amides is 1. The van der Waals surface area contributed by atoms with Gasteiger partial charge in [-0.05, 0) is 74.9 Å². The molecule has 8 heteroatoms. The molecular formula is C25H29N3O3S2. The molecule has 1 unspecified atom stereocenters. The highest BCUT2D eigenvalue weighted by molar-refractivity contribution is 7.89. The predicted octanol–water partition coefficient (Wildman–Crippen LogP) is 4.68. The maximum atomic E-state index is 13.4. The number of benzene rings is 2. The van der Waals surface area contributed by atoms with Gasteiger partial charge in [-0.25, -0.2) is 13.4 Å². The molecule has 1 aromatic heterocycles. The minimum atomic E-state index is -3.54. The summed E-state index contributed by atoms with van der Waals surface area (Å²) in [4.78, 5) is 20.6. The third kappa shape index (κ3) is 4.20. The number of nitrogens with zero attached hydrogens (tertiary/aromatic N) is 3. The van der Waals surface area contributed by atoms with Crippen LogP contribution >= 0.6 is 11.3 Å². The number of sulfonamides is 1. The van der Waals surface area contributed by atoms with Gasteiger partial charge in [-0.15, -0.1) is 11.3 Å². The zero-order valence-corrected chi connectivity index (χ0v) is 20.7. The number of carbonyl (C=O) groups is 1. The molecule has 1 atom stereocenters. The van der Waals surface area contributed by atoms with E-state index in [4.69, 9.17) is 4.98 Å². The standard InChI is InChI=1S/C25H29N3O3S2/c1-17-9-10-20(16-18(17)2)33(30,31)27-14-11-19(12-15-27)25(29)28-13-5-7-22(28)24-26-21-6-3-4-8-23(21)32-24/h3-4,6,8-10,16,19,22H,5,7,11-15H2,1-2H3. The zero-order chi connectivity index (χ0) is 23.2. The second kappa shape index (κ2) is 8.81. The van der Waals surface area contributed by atoms with Gasteiger partial charge in [-0.3, -0.25) is 4.79 Å². The van der Waals surface area contributed by atoms with Crippen LogP contribution in [0.3, 0.4) is 0 Å². The van der Waals surface area contributed by atoms with Gasteiger partial charge in [0.05, 0.1) is 21.2 Å². The van der Waals surface area contributed by atoms with E-state index < -0.39 is 10.0 Å². The molecule has 3 aromatic rings. The minimum absolute atomic E-state index is 0.0344. The molecule has 0 bridgehead atoms. The van der Waals surface area contributed by atoms with E-state index >= 15 is 0 Å². The van der Waals surface area contributed by atoms with Crippen molar-refractivity contribution in [2.24, 2.45) is 5.92 Å². The molecule has 0 N–H and O–H groups in total. The number of rotatable bonds is 4. The summed E-state index contributed by atoms with van der Waals surface area (Å²) in [7, 11) is -3.54. The summed E-state index contributed by atoms with van der Waals surface area (Å²) in [5.74, 6) is 0.0196. The van der Waals surface area contributed by atoms with E-state index in [0.717, 1.165) is 45.7 Å². The number of carbonyl (C=O) groups excluding carboxylic acids is 1. The number of piperidine rings is 1. The molecule has 3 heterocycles. The van der Waals surface area contributed by atoms with E-state index in [1.165, 1.54) is 4.31 Å². The van der Waals surface area contributed by atoms with Crippen LogP contribution in [0.2, 0.25) is 0 Å². The first-order valence-electron chi connectivity index (χ1n) is 11.6. The van der Waals surface area contributed by atoms with Crippen LogP contribution in [0.5, 0.6) is 0 Å². The third-order valence-corrected chi connectivity index (χ3v) is 10.1. The number of hydrogen-bond acceptors (Lipinski definition) is 5. The Labute approximate surface area is 199 Å². The molecular weight excluding hydrogens is 454 g/mol. The quantitative estimate of drug-likeness (QED) is 0.540. The normalized spacial score (nSPS) is 20.5. The van der Waals surface area contributed by atoms with Crippen molar-refractivity contribution in [2.75, 3.05) is 19.6 Å². The van der Waals surface area contributed by atoms with Crippen LogP contribution in [0.1, 0.15) is 47.9 Å². The molecule has 0 radical (unpaired) electrons. The molecule has 2 fully saturated rings. The lowest BCUT2D eigenvalue weighted by molar-refractivity contribution is -0.137. The molecule has 2 aromatic carbocycles. The molecule has 1 amide bonds. The van der Waals surface area contributed by atoms with Gasteiger partial charge in [0.2, 0.25) is 15.9 Å². The van der Waals surface area contributed by atoms with Gasteiger partial charge >= 0.3 is 0 Å². The number of thiazole rings is 1. The van der Waals surface area contributed by atoms with Gasteiger partial charge < -0.3 is 4.90 Å². The van der Waals surface area contributed by atoms with Crippen molar-refractivity contribution in [1.29, 1.82) is 0 Å². The van der Waals surface area contributed by atoms with Gasteiger partial charge in [0, 0.05) is 25.6 Å². The van der Waals surface area contributed by atoms with Gasteiger partial charge in [0.15, 0.2) is 0 Å². The average Bonchev–Trinajstić information content (AvgIpc) is 3.47. The van der Waals surface area contributed by atoms with Crippen LogP contribution in [0.25, 0.3) is 10.2 Å². The number of fused-ring (bicyclic) bond motifs is 1. The van der Waals surface area contributed by atoms with Crippen LogP contribution in [-0.4, -0.2) is 48.1 Å². The van der Waals surface area contributed by atoms with Crippen LogP contribution < -0.4 is 0 Å². The molecule has 0 saturated carbocycles. The molecule has 5 rings (SSSR count). The summed E-state index contributed by atoms with van der Waals surface area (Å²) < 4.78 is 28.9. The van der Waals surface area contributed by atoms with E-state index in [-0.39, 0.29) is 17.9 Å². The Hall–Kier alpha value is -2.29. The number of hydrogen-bond donors (Lipinski definition) is 0. The van der Waals surface area contributed by atoms with Crippen molar-refractivity contribution in [2.45, 2.75) is 50.5 Å². The Morgan fingerprint density at radius 3 is 2.48 bits per heavy atom. The van der Waals surface area contributed by atoms with Gasteiger partial charge in [0.25, 0.3) is 0 Å². The fourth-order valence-electron chi connectivity index (χ4n) is 4.92. The highest BCUT2D eigenvalue weighted by atomic mass is 32.2. The van der Waals surface area contributed by atoms with Crippen molar-refractivity contribution in [3.8, 4) is 0 Å². The van der Waals surface area contributed by atoms with Crippen molar-refractivity contribution < 1.29 is 13.2 Å². The second-order valence-corrected chi connectivity index (χ2v) is 12.1. The monoisotopic (exact) mass is 483 g/mol. The van der Waals surface area contributed by atoms with Gasteiger partial charge in [-0.1, -0.05) is 18.2 Å². The number of para-hydroxylation sites is 1. The van der Waals surface area contributed by atoms with Crippen molar-refractivity contribution in [3.05, 3.63) is 58.6 Å². The summed E-state index contributed by atoms with van der Waals surface area (Å²) in [6.07, 6.45) is 3.04. The van der Waals surface area contributed by atoms with Crippen LogP contribution in [0, 0.1) is 19.8 Å². The van der Waals surface area contributed by atoms with Gasteiger partial charge in [0.1, 0.15) is 5.01 Å². The van der Waals surface area contributed by atoms with Crippen molar-refractivity contribution in [3.63, 3.8) is 0 Å². The first-order chi connectivity index (χ1) is 15.8. The highest BCUT2D eigenvalue weighted by Crippen LogP contribution is 2.38. The lowest BCUT2D eigenvalue weighted by atomic mass is 9.96. The number of aryl methyl sites for hydroxylation is 2. The average molecular weight is 484 g/mol. The summed E-state index contributed by atoms with van der Waals surface area (Å²) in [6, 6.07) is 13.4.